The van der Waals surface area contributed by atoms with Gasteiger partial charge in [-0.2, -0.15) is 0 Å². The molecule has 0 aliphatic rings. The maximum atomic E-state index is 13.1. The summed E-state index contributed by atoms with van der Waals surface area (Å²) in [4.78, 5) is 13.6. The quantitative estimate of drug-likeness (QED) is 0.882. The van der Waals surface area contributed by atoms with Crippen molar-refractivity contribution in [2.75, 3.05) is 11.9 Å². The van der Waals surface area contributed by atoms with Crippen molar-refractivity contribution in [3.05, 3.63) is 29.6 Å². The van der Waals surface area contributed by atoms with Crippen LogP contribution < -0.4 is 5.32 Å². The third kappa shape index (κ3) is 4.52. The molecule has 0 radical (unpaired) electrons. The molecule has 4 nitrogen and oxygen atoms in total. The molecule has 2 N–H and O–H groups in total. The van der Waals surface area contributed by atoms with E-state index in [1.807, 2.05) is 13.8 Å². The van der Waals surface area contributed by atoms with Crippen molar-refractivity contribution in [2.45, 2.75) is 39.8 Å². The minimum Gasteiger partial charge on any atom is -0.392 e. The van der Waals surface area contributed by atoms with E-state index >= 15 is 0 Å². The molecule has 0 aliphatic carbocycles. The molecule has 0 saturated heterocycles. The zero-order valence-electron chi connectivity index (χ0n) is 11.8. The van der Waals surface area contributed by atoms with Crippen molar-refractivity contribution in [1.29, 1.82) is 0 Å². The molecule has 1 aromatic rings. The number of anilines is 1. The predicted octanol–water partition coefficient (Wildman–Crippen LogP) is 2.76. The van der Waals surface area contributed by atoms with Crippen molar-refractivity contribution in [3.63, 3.8) is 0 Å². The summed E-state index contributed by atoms with van der Waals surface area (Å²) in [6.07, 6.45) is -0.594. The summed E-state index contributed by atoms with van der Waals surface area (Å²) < 4.78 is 13.1. The monoisotopic (exact) mass is 268 g/mol. The average molecular weight is 268 g/mol. The van der Waals surface area contributed by atoms with E-state index < -0.39 is 6.10 Å². The Morgan fingerprint density at radius 1 is 1.42 bits per heavy atom. The number of carbonyl (C=O) groups excluding carboxylic acids is 1. The first kappa shape index (κ1) is 15.4. The standard InChI is InChI=1S/C14H21FN2O2/c1-9(2)17(8-11(4)18)14(19)16-12-5-6-13(15)10(3)7-12/h5-7,9,11,18H,8H2,1-4H3,(H,16,19). The Bertz CT molecular complexity index is 447. The number of nitrogens with zero attached hydrogens (tertiary/aromatic N) is 1. The summed E-state index contributed by atoms with van der Waals surface area (Å²) in [6.45, 7) is 7.27. The first-order chi connectivity index (χ1) is 8.81. The molecule has 0 fully saturated rings. The van der Waals surface area contributed by atoms with Gasteiger partial charge in [-0.05, 0) is 51.5 Å². The van der Waals surface area contributed by atoms with Crippen LogP contribution in [0, 0.1) is 12.7 Å². The van der Waals surface area contributed by atoms with Crippen molar-refractivity contribution in [3.8, 4) is 0 Å². The minimum absolute atomic E-state index is 0.0313. The van der Waals surface area contributed by atoms with Crippen molar-refractivity contribution in [2.24, 2.45) is 0 Å². The molecule has 2 amide bonds. The topological polar surface area (TPSA) is 52.6 Å². The Morgan fingerprint density at radius 3 is 2.53 bits per heavy atom. The van der Waals surface area contributed by atoms with E-state index in [4.69, 9.17) is 0 Å². The van der Waals surface area contributed by atoms with Gasteiger partial charge in [-0.25, -0.2) is 9.18 Å². The molecule has 0 aliphatic heterocycles. The maximum absolute atomic E-state index is 13.1. The number of nitrogens with one attached hydrogen (secondary N) is 1. The molecule has 1 rings (SSSR count). The van der Waals surface area contributed by atoms with Gasteiger partial charge in [0.05, 0.1) is 6.10 Å². The van der Waals surface area contributed by atoms with Crippen LogP contribution in [0.15, 0.2) is 18.2 Å². The maximum Gasteiger partial charge on any atom is 0.322 e. The lowest BCUT2D eigenvalue weighted by Crippen LogP contribution is -2.43. The Morgan fingerprint density at radius 2 is 2.05 bits per heavy atom. The first-order valence-electron chi connectivity index (χ1n) is 6.33. The van der Waals surface area contributed by atoms with Gasteiger partial charge in [0.25, 0.3) is 0 Å². The summed E-state index contributed by atoms with van der Waals surface area (Å²) >= 11 is 0. The van der Waals surface area contributed by atoms with Gasteiger partial charge in [-0.15, -0.1) is 0 Å². The van der Waals surface area contributed by atoms with Gasteiger partial charge in [-0.1, -0.05) is 0 Å². The van der Waals surface area contributed by atoms with Gasteiger partial charge in [0.1, 0.15) is 5.82 Å². The Hall–Kier alpha value is -1.62. The molecule has 1 unspecified atom stereocenters. The van der Waals surface area contributed by atoms with E-state index in [-0.39, 0.29) is 24.4 Å². The molecular weight excluding hydrogens is 247 g/mol. The number of rotatable bonds is 4. The fourth-order valence-corrected chi connectivity index (χ4v) is 1.73. The molecule has 5 heteroatoms. The van der Waals surface area contributed by atoms with Crippen LogP contribution in [-0.4, -0.2) is 34.7 Å². The molecule has 0 saturated carbocycles. The Kier molecular flexibility index (Phi) is 5.30. The molecule has 19 heavy (non-hydrogen) atoms. The van der Waals surface area contributed by atoms with Crippen LogP contribution in [0.2, 0.25) is 0 Å². The van der Waals surface area contributed by atoms with Gasteiger partial charge in [0, 0.05) is 18.3 Å². The molecule has 0 heterocycles. The fraction of sp³-hybridized carbons (Fsp3) is 0.500. The van der Waals surface area contributed by atoms with Gasteiger partial charge in [0.15, 0.2) is 0 Å². The molecular formula is C14H21FN2O2. The van der Waals surface area contributed by atoms with E-state index in [1.165, 1.54) is 17.0 Å². The highest BCUT2D eigenvalue weighted by atomic mass is 19.1. The largest absolute Gasteiger partial charge is 0.392 e. The number of carbonyl (C=O) groups is 1. The van der Waals surface area contributed by atoms with Crippen LogP contribution >= 0.6 is 0 Å². The molecule has 1 atom stereocenters. The zero-order chi connectivity index (χ0) is 14.6. The van der Waals surface area contributed by atoms with Gasteiger partial charge in [-0.3, -0.25) is 0 Å². The second kappa shape index (κ2) is 6.52. The van der Waals surface area contributed by atoms with Crippen molar-refractivity contribution >= 4 is 11.7 Å². The number of aliphatic hydroxyl groups is 1. The van der Waals surface area contributed by atoms with E-state index in [2.05, 4.69) is 5.32 Å². The van der Waals surface area contributed by atoms with E-state index in [0.717, 1.165) is 0 Å². The third-order valence-electron chi connectivity index (χ3n) is 2.75. The second-order valence-corrected chi connectivity index (χ2v) is 4.99. The van der Waals surface area contributed by atoms with Crippen LogP contribution in [0.5, 0.6) is 0 Å². The molecule has 0 aromatic heterocycles. The minimum atomic E-state index is -0.594. The highest BCUT2D eigenvalue weighted by molar-refractivity contribution is 5.89. The summed E-state index contributed by atoms with van der Waals surface area (Å²) in [5, 5.41) is 12.1. The van der Waals surface area contributed by atoms with Crippen LogP contribution in [0.4, 0.5) is 14.9 Å². The van der Waals surface area contributed by atoms with Crippen LogP contribution in [0.3, 0.4) is 0 Å². The van der Waals surface area contributed by atoms with Crippen LogP contribution in [0.25, 0.3) is 0 Å². The highest BCUT2D eigenvalue weighted by Gasteiger charge is 2.18. The number of aliphatic hydroxyl groups excluding tert-OH is 1. The first-order valence-corrected chi connectivity index (χ1v) is 6.33. The lowest BCUT2D eigenvalue weighted by molar-refractivity contribution is 0.125. The van der Waals surface area contributed by atoms with E-state index in [1.54, 1.807) is 19.9 Å². The number of amides is 2. The number of hydrogen-bond donors (Lipinski definition) is 2. The fourth-order valence-electron chi connectivity index (χ4n) is 1.73. The van der Waals surface area contributed by atoms with Crippen LogP contribution in [-0.2, 0) is 0 Å². The zero-order valence-corrected chi connectivity index (χ0v) is 11.8. The highest BCUT2D eigenvalue weighted by Crippen LogP contribution is 2.15. The van der Waals surface area contributed by atoms with Crippen molar-refractivity contribution in [1.82, 2.24) is 4.90 Å². The third-order valence-corrected chi connectivity index (χ3v) is 2.75. The lowest BCUT2D eigenvalue weighted by atomic mass is 10.2. The molecule has 0 bridgehead atoms. The average Bonchev–Trinajstić information content (AvgIpc) is 2.30. The smallest absolute Gasteiger partial charge is 0.322 e. The van der Waals surface area contributed by atoms with Crippen LogP contribution in [0.1, 0.15) is 26.3 Å². The molecule has 106 valence electrons. The summed E-state index contributed by atoms with van der Waals surface area (Å²) in [5.74, 6) is -0.303. The lowest BCUT2D eigenvalue weighted by Gasteiger charge is -2.28. The van der Waals surface area contributed by atoms with E-state index in [9.17, 15) is 14.3 Å². The molecule has 1 aromatic carbocycles. The Balaban J connectivity index is 2.78. The number of aryl methyl sites for hydroxylation is 1. The van der Waals surface area contributed by atoms with Gasteiger partial charge >= 0.3 is 6.03 Å². The Labute approximate surface area is 113 Å². The van der Waals surface area contributed by atoms with E-state index in [0.29, 0.717) is 11.3 Å². The van der Waals surface area contributed by atoms with Gasteiger partial charge < -0.3 is 15.3 Å². The molecule has 0 spiro atoms. The van der Waals surface area contributed by atoms with Gasteiger partial charge in [0.2, 0.25) is 0 Å². The number of urea groups is 1. The number of hydrogen-bond acceptors (Lipinski definition) is 2. The number of benzene rings is 1. The predicted molar refractivity (Wildman–Crippen MR) is 73.7 cm³/mol. The summed E-state index contributed by atoms with van der Waals surface area (Å²) in [7, 11) is 0. The van der Waals surface area contributed by atoms with Crippen molar-refractivity contribution < 1.29 is 14.3 Å². The number of halogens is 1. The second-order valence-electron chi connectivity index (χ2n) is 4.99. The SMILES string of the molecule is Cc1cc(NC(=O)N(CC(C)O)C(C)C)ccc1F. The normalized spacial score (nSPS) is 12.4. The summed E-state index contributed by atoms with van der Waals surface area (Å²) in [5.41, 5.74) is 1.02. The summed E-state index contributed by atoms with van der Waals surface area (Å²) in [6, 6.07) is 4.08.